The molecule has 1 amide bonds. The van der Waals surface area contributed by atoms with Gasteiger partial charge in [0.1, 0.15) is 0 Å². The van der Waals surface area contributed by atoms with Crippen molar-refractivity contribution in [1.29, 1.82) is 0 Å². The Hall–Kier alpha value is -2.37. The minimum atomic E-state index is -0.334. The first-order chi connectivity index (χ1) is 8.13. The normalized spacial score (nSPS) is 15.5. The zero-order chi connectivity index (χ0) is 12.0. The van der Waals surface area contributed by atoms with E-state index < -0.39 is 0 Å². The van der Waals surface area contributed by atoms with Crippen molar-refractivity contribution in [3.63, 3.8) is 0 Å². The summed E-state index contributed by atoms with van der Waals surface area (Å²) in [4.78, 5) is 39.5. The van der Waals surface area contributed by atoms with Gasteiger partial charge in [0, 0.05) is 18.4 Å². The fourth-order valence-corrected chi connectivity index (χ4v) is 1.99. The van der Waals surface area contributed by atoms with E-state index in [4.69, 9.17) is 0 Å². The third kappa shape index (κ3) is 1.54. The lowest BCUT2D eigenvalue weighted by Crippen LogP contribution is -2.09. The highest BCUT2D eigenvalue weighted by molar-refractivity contribution is 6.11. The monoisotopic (exact) mass is 231 g/mol. The quantitative estimate of drug-likeness (QED) is 0.625. The average Bonchev–Trinajstić information content (AvgIpc) is 2.57. The highest BCUT2D eigenvalue weighted by Gasteiger charge is 2.20. The maximum Gasteiger partial charge on any atom is 0.323 e. The first kappa shape index (κ1) is 9.83. The van der Waals surface area contributed by atoms with Crippen LogP contribution in [0.25, 0.3) is 11.0 Å². The van der Waals surface area contributed by atoms with Gasteiger partial charge in [-0.25, -0.2) is 4.79 Å². The Kier molecular flexibility index (Phi) is 1.91. The third-order valence-electron chi connectivity index (χ3n) is 2.81. The second-order valence-electron chi connectivity index (χ2n) is 3.99. The Morgan fingerprint density at radius 2 is 1.65 bits per heavy atom. The van der Waals surface area contributed by atoms with Crippen molar-refractivity contribution in [2.24, 2.45) is 0 Å². The van der Waals surface area contributed by atoms with E-state index in [2.05, 4.69) is 15.3 Å². The van der Waals surface area contributed by atoms with Crippen molar-refractivity contribution in [2.75, 3.05) is 5.32 Å². The van der Waals surface area contributed by atoms with Gasteiger partial charge < -0.3 is 15.3 Å². The van der Waals surface area contributed by atoms with Crippen LogP contribution in [0.1, 0.15) is 23.2 Å². The van der Waals surface area contributed by atoms with Crippen molar-refractivity contribution >= 4 is 28.4 Å². The summed E-state index contributed by atoms with van der Waals surface area (Å²) >= 11 is 0. The molecule has 17 heavy (non-hydrogen) atoms. The molecule has 0 saturated carbocycles. The Bertz CT molecular complexity index is 696. The Morgan fingerprint density at radius 1 is 0.941 bits per heavy atom. The molecule has 0 atom stereocenters. The molecule has 0 saturated heterocycles. The topological polar surface area (TPSA) is 94.8 Å². The molecule has 0 fully saturated rings. The molecule has 1 aliphatic heterocycles. The number of nitrogens with one attached hydrogen (secondary N) is 3. The summed E-state index contributed by atoms with van der Waals surface area (Å²) < 4.78 is 0. The van der Waals surface area contributed by atoms with Crippen molar-refractivity contribution in [3.05, 3.63) is 28.2 Å². The fourth-order valence-electron chi connectivity index (χ4n) is 1.99. The average molecular weight is 231 g/mol. The minimum absolute atomic E-state index is 0.0951. The van der Waals surface area contributed by atoms with Crippen LogP contribution in [0.3, 0.4) is 0 Å². The Morgan fingerprint density at radius 3 is 2.41 bits per heavy atom. The number of carbonyl (C=O) groups excluding carboxylic acids is 2. The van der Waals surface area contributed by atoms with Crippen LogP contribution in [0, 0.1) is 0 Å². The molecule has 6 nitrogen and oxygen atoms in total. The van der Waals surface area contributed by atoms with Gasteiger partial charge in [0.2, 0.25) is 5.91 Å². The number of ketones is 1. The minimum Gasteiger partial charge on any atom is -0.325 e. The zero-order valence-electron chi connectivity index (χ0n) is 8.79. The molecule has 2 aromatic rings. The predicted octanol–water partition coefficient (Wildman–Crippen LogP) is 0.771. The van der Waals surface area contributed by atoms with E-state index in [1.54, 1.807) is 12.1 Å². The third-order valence-corrected chi connectivity index (χ3v) is 2.81. The van der Waals surface area contributed by atoms with Crippen LogP contribution in [0.5, 0.6) is 0 Å². The van der Waals surface area contributed by atoms with Gasteiger partial charge in [-0.05, 0) is 12.1 Å². The number of carbonyl (C=O) groups is 2. The van der Waals surface area contributed by atoms with Crippen LogP contribution in [-0.2, 0) is 4.79 Å². The fraction of sp³-hybridized carbons (Fsp3) is 0.182. The van der Waals surface area contributed by atoms with Crippen molar-refractivity contribution in [2.45, 2.75) is 12.8 Å². The second-order valence-corrected chi connectivity index (χ2v) is 3.99. The molecule has 1 aromatic carbocycles. The molecular formula is C11H9N3O3. The lowest BCUT2D eigenvalue weighted by atomic mass is 10.1. The summed E-state index contributed by atoms with van der Waals surface area (Å²) in [5.41, 5.74) is 1.71. The Labute approximate surface area is 95.0 Å². The molecule has 6 heteroatoms. The number of rotatable bonds is 0. The van der Waals surface area contributed by atoms with E-state index in [0.717, 1.165) is 0 Å². The maximum absolute atomic E-state index is 11.8. The van der Waals surface area contributed by atoms with Crippen molar-refractivity contribution < 1.29 is 9.59 Å². The van der Waals surface area contributed by atoms with Gasteiger partial charge in [0.25, 0.3) is 0 Å². The highest BCUT2D eigenvalue weighted by Crippen LogP contribution is 2.25. The molecule has 1 aromatic heterocycles. The molecule has 1 aliphatic rings. The number of amides is 1. The first-order valence-electron chi connectivity index (χ1n) is 5.22. The largest absolute Gasteiger partial charge is 0.325 e. The van der Waals surface area contributed by atoms with Crippen LogP contribution in [0.4, 0.5) is 5.69 Å². The number of anilines is 1. The molecule has 86 valence electrons. The number of imidazole rings is 1. The molecule has 0 unspecified atom stereocenters. The molecule has 0 aliphatic carbocycles. The van der Waals surface area contributed by atoms with Gasteiger partial charge in [-0.3, -0.25) is 9.59 Å². The molecule has 0 spiro atoms. The summed E-state index contributed by atoms with van der Waals surface area (Å²) in [5, 5.41) is 2.66. The van der Waals surface area contributed by atoms with Gasteiger partial charge in [-0.1, -0.05) is 0 Å². The van der Waals surface area contributed by atoms with Crippen molar-refractivity contribution in [1.82, 2.24) is 9.97 Å². The predicted molar refractivity (Wildman–Crippen MR) is 61.1 cm³/mol. The number of benzene rings is 1. The molecule has 3 rings (SSSR count). The van der Waals surface area contributed by atoms with E-state index >= 15 is 0 Å². The number of fused-ring (bicyclic) bond motifs is 2. The summed E-state index contributed by atoms with van der Waals surface area (Å²) in [7, 11) is 0. The number of aromatic nitrogens is 2. The summed E-state index contributed by atoms with van der Waals surface area (Å²) in [6, 6.07) is 3.19. The molecule has 2 heterocycles. The summed E-state index contributed by atoms with van der Waals surface area (Å²) in [5.74, 6) is -0.281. The first-order valence-corrected chi connectivity index (χ1v) is 5.22. The lowest BCUT2D eigenvalue weighted by molar-refractivity contribution is -0.116. The van der Waals surface area contributed by atoms with Crippen LogP contribution >= 0.6 is 0 Å². The summed E-state index contributed by atoms with van der Waals surface area (Å²) in [6.07, 6.45) is 0.386. The lowest BCUT2D eigenvalue weighted by Gasteiger charge is -2.05. The van der Waals surface area contributed by atoms with Gasteiger partial charge in [0.05, 0.1) is 16.7 Å². The number of Topliss-reactive ketones (excluding diaryl/α,β-unsaturated/α-hetero) is 1. The van der Waals surface area contributed by atoms with E-state index in [1.807, 2.05) is 0 Å². The molecular weight excluding hydrogens is 222 g/mol. The van der Waals surface area contributed by atoms with Crippen LogP contribution in [-0.4, -0.2) is 21.7 Å². The number of hydrogen-bond donors (Lipinski definition) is 3. The SMILES string of the molecule is O=C1CCC(=O)c2cc3[nH]c(=O)[nH]c3cc2N1. The Balaban J connectivity index is 2.29. The second kappa shape index (κ2) is 3.31. The smallest absolute Gasteiger partial charge is 0.323 e. The molecule has 0 radical (unpaired) electrons. The van der Waals surface area contributed by atoms with Crippen LogP contribution in [0.15, 0.2) is 16.9 Å². The summed E-state index contributed by atoms with van der Waals surface area (Å²) in [6.45, 7) is 0. The molecule has 3 N–H and O–H groups in total. The van der Waals surface area contributed by atoms with Gasteiger partial charge in [-0.15, -0.1) is 0 Å². The van der Waals surface area contributed by atoms with E-state index in [-0.39, 0.29) is 30.2 Å². The number of hydrogen-bond acceptors (Lipinski definition) is 3. The van der Waals surface area contributed by atoms with E-state index in [0.29, 0.717) is 22.3 Å². The van der Waals surface area contributed by atoms with E-state index in [1.165, 1.54) is 0 Å². The maximum atomic E-state index is 11.8. The molecule has 0 bridgehead atoms. The number of aromatic amines is 2. The van der Waals surface area contributed by atoms with Crippen LogP contribution < -0.4 is 11.0 Å². The standard InChI is InChI=1S/C11H9N3O3/c15-9-1-2-10(16)12-6-4-8-7(3-5(6)9)13-11(17)14-8/h3-4H,1-2H2,(H,12,16)(H2,13,14,17). The number of H-pyrrole nitrogens is 2. The van der Waals surface area contributed by atoms with E-state index in [9.17, 15) is 14.4 Å². The van der Waals surface area contributed by atoms with Gasteiger partial charge in [-0.2, -0.15) is 0 Å². The van der Waals surface area contributed by atoms with Gasteiger partial charge in [0.15, 0.2) is 5.78 Å². The van der Waals surface area contributed by atoms with Crippen LogP contribution in [0.2, 0.25) is 0 Å². The van der Waals surface area contributed by atoms with Crippen molar-refractivity contribution in [3.8, 4) is 0 Å². The zero-order valence-corrected chi connectivity index (χ0v) is 8.79. The highest BCUT2D eigenvalue weighted by atomic mass is 16.2. The van der Waals surface area contributed by atoms with Gasteiger partial charge >= 0.3 is 5.69 Å².